The molecular formula is C20H15BrO. The number of carbonyl (C=O) groups is 1. The molecule has 108 valence electrons. The summed E-state index contributed by atoms with van der Waals surface area (Å²) >= 11 is 3.43. The number of hydrogen-bond donors (Lipinski definition) is 0. The quantitative estimate of drug-likeness (QED) is 0.338. The third-order valence-corrected chi connectivity index (χ3v) is 4.26. The summed E-state index contributed by atoms with van der Waals surface area (Å²) in [5.74, 6) is 0.0290. The SMILES string of the molecule is O=C(/C=C/c1ccc(CBr)cc1)c1cccc2ccccc12. The molecule has 0 aliphatic carbocycles. The van der Waals surface area contributed by atoms with Crippen molar-refractivity contribution in [1.29, 1.82) is 0 Å². The summed E-state index contributed by atoms with van der Waals surface area (Å²) in [4.78, 5) is 12.5. The third kappa shape index (κ3) is 3.18. The molecule has 3 aromatic carbocycles. The summed E-state index contributed by atoms with van der Waals surface area (Å²) in [7, 11) is 0. The third-order valence-electron chi connectivity index (χ3n) is 3.62. The van der Waals surface area contributed by atoms with E-state index in [1.807, 2.05) is 60.7 Å². The van der Waals surface area contributed by atoms with E-state index in [1.54, 1.807) is 6.08 Å². The van der Waals surface area contributed by atoms with E-state index in [1.165, 1.54) is 5.56 Å². The minimum Gasteiger partial charge on any atom is -0.289 e. The first kappa shape index (κ1) is 14.7. The van der Waals surface area contributed by atoms with Gasteiger partial charge in [0.2, 0.25) is 0 Å². The summed E-state index contributed by atoms with van der Waals surface area (Å²) in [5, 5.41) is 2.92. The van der Waals surface area contributed by atoms with Gasteiger partial charge < -0.3 is 0 Å². The van der Waals surface area contributed by atoms with E-state index < -0.39 is 0 Å². The highest BCUT2D eigenvalue weighted by Gasteiger charge is 2.06. The predicted octanol–water partition coefficient (Wildman–Crippen LogP) is 5.63. The molecule has 0 saturated carbocycles. The van der Waals surface area contributed by atoms with Crippen molar-refractivity contribution in [3.8, 4) is 0 Å². The number of carbonyl (C=O) groups excluding carboxylic acids is 1. The molecule has 0 heterocycles. The van der Waals surface area contributed by atoms with Crippen molar-refractivity contribution in [3.63, 3.8) is 0 Å². The molecule has 0 fully saturated rings. The Labute approximate surface area is 138 Å². The summed E-state index contributed by atoms with van der Waals surface area (Å²) in [5.41, 5.74) is 2.99. The molecule has 0 unspecified atom stereocenters. The first-order valence-corrected chi connectivity index (χ1v) is 8.25. The van der Waals surface area contributed by atoms with E-state index in [-0.39, 0.29) is 5.78 Å². The summed E-state index contributed by atoms with van der Waals surface area (Å²) in [6.07, 6.45) is 3.51. The van der Waals surface area contributed by atoms with E-state index >= 15 is 0 Å². The summed E-state index contributed by atoms with van der Waals surface area (Å²) < 4.78 is 0. The molecule has 3 rings (SSSR count). The standard InChI is InChI=1S/C20H15BrO/c21-14-16-10-8-15(9-11-16)12-13-20(22)19-7-3-5-17-4-1-2-6-18(17)19/h1-13H,14H2/b13-12+. The molecule has 0 atom stereocenters. The number of fused-ring (bicyclic) bond motifs is 1. The number of ketones is 1. The summed E-state index contributed by atoms with van der Waals surface area (Å²) in [6, 6.07) is 21.9. The fourth-order valence-electron chi connectivity index (χ4n) is 2.42. The molecule has 0 aliphatic heterocycles. The monoisotopic (exact) mass is 350 g/mol. The fraction of sp³-hybridized carbons (Fsp3) is 0.0500. The lowest BCUT2D eigenvalue weighted by molar-refractivity contribution is 0.104. The molecule has 22 heavy (non-hydrogen) atoms. The molecule has 0 aromatic heterocycles. The van der Waals surface area contributed by atoms with Crippen LogP contribution in [0.4, 0.5) is 0 Å². The number of halogens is 1. The molecule has 0 aliphatic rings. The maximum Gasteiger partial charge on any atom is 0.186 e. The van der Waals surface area contributed by atoms with E-state index in [9.17, 15) is 4.79 Å². The van der Waals surface area contributed by atoms with Gasteiger partial charge >= 0.3 is 0 Å². The molecule has 0 N–H and O–H groups in total. The lowest BCUT2D eigenvalue weighted by Crippen LogP contribution is -1.95. The Morgan fingerprint density at radius 1 is 0.909 bits per heavy atom. The van der Waals surface area contributed by atoms with Crippen molar-refractivity contribution in [3.05, 3.63) is 89.5 Å². The van der Waals surface area contributed by atoms with Crippen LogP contribution in [-0.2, 0) is 5.33 Å². The maximum absolute atomic E-state index is 12.5. The maximum atomic E-state index is 12.5. The first-order chi connectivity index (χ1) is 10.8. The van der Waals surface area contributed by atoms with E-state index in [4.69, 9.17) is 0 Å². The minimum absolute atomic E-state index is 0.0290. The Bertz CT molecular complexity index is 826. The van der Waals surface area contributed by atoms with Crippen molar-refractivity contribution >= 4 is 38.6 Å². The fourth-order valence-corrected chi connectivity index (χ4v) is 2.79. The van der Waals surface area contributed by atoms with Gasteiger partial charge in [-0.3, -0.25) is 4.79 Å². The zero-order valence-corrected chi connectivity index (χ0v) is 13.6. The second-order valence-electron chi connectivity index (χ2n) is 5.10. The number of hydrogen-bond acceptors (Lipinski definition) is 1. The van der Waals surface area contributed by atoms with Gasteiger partial charge in [-0.05, 0) is 28.0 Å². The molecule has 0 saturated heterocycles. The highest BCUT2D eigenvalue weighted by atomic mass is 79.9. The molecule has 2 heteroatoms. The van der Waals surface area contributed by atoms with Gasteiger partial charge in [-0.15, -0.1) is 0 Å². The Morgan fingerprint density at radius 3 is 2.41 bits per heavy atom. The Balaban J connectivity index is 1.88. The summed E-state index contributed by atoms with van der Waals surface area (Å²) in [6.45, 7) is 0. The van der Waals surface area contributed by atoms with Crippen molar-refractivity contribution in [1.82, 2.24) is 0 Å². The highest BCUT2D eigenvalue weighted by Crippen LogP contribution is 2.19. The van der Waals surface area contributed by atoms with Crippen LogP contribution < -0.4 is 0 Å². The Morgan fingerprint density at radius 2 is 1.64 bits per heavy atom. The van der Waals surface area contributed by atoms with Gasteiger partial charge in [-0.1, -0.05) is 88.7 Å². The van der Waals surface area contributed by atoms with Crippen LogP contribution in [-0.4, -0.2) is 5.78 Å². The van der Waals surface area contributed by atoms with E-state index in [0.29, 0.717) is 0 Å². The van der Waals surface area contributed by atoms with Crippen molar-refractivity contribution < 1.29 is 4.79 Å². The molecule has 1 nitrogen and oxygen atoms in total. The zero-order chi connectivity index (χ0) is 15.4. The van der Waals surface area contributed by atoms with Crippen LogP contribution in [0, 0.1) is 0 Å². The molecule has 0 bridgehead atoms. The lowest BCUT2D eigenvalue weighted by atomic mass is 10.0. The second-order valence-corrected chi connectivity index (χ2v) is 5.66. The van der Waals surface area contributed by atoms with E-state index in [0.717, 1.165) is 27.2 Å². The van der Waals surface area contributed by atoms with Crippen LogP contribution in [0.1, 0.15) is 21.5 Å². The molecular weight excluding hydrogens is 336 g/mol. The number of benzene rings is 3. The second kappa shape index (κ2) is 6.71. The largest absolute Gasteiger partial charge is 0.289 e. The topological polar surface area (TPSA) is 17.1 Å². The van der Waals surface area contributed by atoms with Gasteiger partial charge in [0, 0.05) is 10.9 Å². The highest BCUT2D eigenvalue weighted by molar-refractivity contribution is 9.08. The van der Waals surface area contributed by atoms with Crippen molar-refractivity contribution in [2.75, 3.05) is 0 Å². The Kier molecular flexibility index (Phi) is 4.50. The van der Waals surface area contributed by atoms with E-state index in [2.05, 4.69) is 28.1 Å². The van der Waals surface area contributed by atoms with Crippen LogP contribution in [0.3, 0.4) is 0 Å². The minimum atomic E-state index is 0.0290. The number of alkyl halides is 1. The van der Waals surface area contributed by atoms with Crippen LogP contribution in [0.5, 0.6) is 0 Å². The number of allylic oxidation sites excluding steroid dienone is 1. The zero-order valence-electron chi connectivity index (χ0n) is 12.0. The molecule has 0 spiro atoms. The van der Waals surface area contributed by atoms with Crippen molar-refractivity contribution in [2.24, 2.45) is 0 Å². The first-order valence-electron chi connectivity index (χ1n) is 7.13. The van der Waals surface area contributed by atoms with Gasteiger partial charge in [0.25, 0.3) is 0 Å². The van der Waals surface area contributed by atoms with Gasteiger partial charge in [0.1, 0.15) is 0 Å². The van der Waals surface area contributed by atoms with Gasteiger partial charge in [-0.2, -0.15) is 0 Å². The average Bonchev–Trinajstić information content (AvgIpc) is 2.59. The van der Waals surface area contributed by atoms with Gasteiger partial charge in [0.15, 0.2) is 5.78 Å². The molecule has 0 amide bonds. The van der Waals surface area contributed by atoms with Crippen molar-refractivity contribution in [2.45, 2.75) is 5.33 Å². The smallest absolute Gasteiger partial charge is 0.186 e. The molecule has 0 radical (unpaired) electrons. The molecule has 3 aromatic rings. The normalized spacial score (nSPS) is 11.1. The van der Waals surface area contributed by atoms with Crippen LogP contribution in [0.2, 0.25) is 0 Å². The van der Waals surface area contributed by atoms with Crippen LogP contribution >= 0.6 is 15.9 Å². The number of rotatable bonds is 4. The predicted molar refractivity (Wildman–Crippen MR) is 96.4 cm³/mol. The average molecular weight is 351 g/mol. The lowest BCUT2D eigenvalue weighted by Gasteiger charge is -2.03. The van der Waals surface area contributed by atoms with Crippen LogP contribution in [0.15, 0.2) is 72.8 Å². The van der Waals surface area contributed by atoms with Gasteiger partial charge in [0.05, 0.1) is 0 Å². The Hall–Kier alpha value is -2.19. The van der Waals surface area contributed by atoms with Gasteiger partial charge in [-0.25, -0.2) is 0 Å². The van der Waals surface area contributed by atoms with Crippen LogP contribution in [0.25, 0.3) is 16.8 Å².